The lowest BCUT2D eigenvalue weighted by atomic mass is 10.2. The van der Waals surface area contributed by atoms with Crippen LogP contribution in [0.3, 0.4) is 0 Å². The molecule has 0 aliphatic carbocycles. The molecule has 0 spiro atoms. The standard InChI is InChI=1S/C13H17NO4S/c1-9-2-4-10(5-3-9)19-7-6-12(16)14-8-11(15)13(17)18/h2-5,11,15H,6-8H2,1H3,(H,14,16)(H,17,18). The lowest BCUT2D eigenvalue weighted by Crippen LogP contribution is -2.36. The van der Waals surface area contributed by atoms with Gasteiger partial charge in [0.25, 0.3) is 0 Å². The molecule has 0 aliphatic rings. The van der Waals surface area contributed by atoms with Gasteiger partial charge in [-0.25, -0.2) is 4.79 Å². The Hall–Kier alpha value is -1.53. The van der Waals surface area contributed by atoms with E-state index in [1.165, 1.54) is 5.56 Å². The Morgan fingerprint density at radius 2 is 1.95 bits per heavy atom. The number of carboxylic acids is 1. The van der Waals surface area contributed by atoms with E-state index in [2.05, 4.69) is 5.32 Å². The SMILES string of the molecule is Cc1ccc(SCCC(=O)NCC(O)C(=O)O)cc1. The Labute approximate surface area is 116 Å². The maximum Gasteiger partial charge on any atom is 0.334 e. The number of hydrogen-bond acceptors (Lipinski definition) is 4. The predicted molar refractivity (Wildman–Crippen MR) is 73.2 cm³/mol. The predicted octanol–water partition coefficient (Wildman–Crippen LogP) is 1.04. The number of amides is 1. The molecule has 1 aromatic rings. The lowest BCUT2D eigenvalue weighted by molar-refractivity contribution is -0.146. The first-order chi connectivity index (χ1) is 8.99. The minimum absolute atomic E-state index is 0.261. The van der Waals surface area contributed by atoms with E-state index in [0.29, 0.717) is 5.75 Å². The molecule has 1 amide bonds. The average Bonchev–Trinajstić information content (AvgIpc) is 2.38. The van der Waals surface area contributed by atoms with Gasteiger partial charge in [-0.3, -0.25) is 4.79 Å². The van der Waals surface area contributed by atoms with Gasteiger partial charge in [0, 0.05) is 17.1 Å². The zero-order valence-electron chi connectivity index (χ0n) is 10.6. The van der Waals surface area contributed by atoms with Crippen LogP contribution in [0, 0.1) is 6.92 Å². The number of aryl methyl sites for hydroxylation is 1. The van der Waals surface area contributed by atoms with Gasteiger partial charge in [-0.05, 0) is 19.1 Å². The van der Waals surface area contributed by atoms with E-state index >= 15 is 0 Å². The van der Waals surface area contributed by atoms with Crippen LogP contribution in [0.4, 0.5) is 0 Å². The molecular weight excluding hydrogens is 266 g/mol. The van der Waals surface area contributed by atoms with Crippen LogP contribution in [0.25, 0.3) is 0 Å². The molecule has 104 valence electrons. The van der Waals surface area contributed by atoms with Crippen molar-refractivity contribution in [1.29, 1.82) is 0 Å². The molecule has 0 aromatic heterocycles. The summed E-state index contributed by atoms with van der Waals surface area (Å²) >= 11 is 1.56. The summed E-state index contributed by atoms with van der Waals surface area (Å²) in [7, 11) is 0. The van der Waals surface area contributed by atoms with Crippen molar-refractivity contribution in [3.63, 3.8) is 0 Å². The summed E-state index contributed by atoms with van der Waals surface area (Å²) in [6, 6.07) is 8.00. The van der Waals surface area contributed by atoms with E-state index in [-0.39, 0.29) is 18.9 Å². The van der Waals surface area contributed by atoms with Crippen molar-refractivity contribution in [2.45, 2.75) is 24.3 Å². The smallest absolute Gasteiger partial charge is 0.334 e. The van der Waals surface area contributed by atoms with E-state index < -0.39 is 12.1 Å². The van der Waals surface area contributed by atoms with Crippen LogP contribution in [-0.2, 0) is 9.59 Å². The summed E-state index contributed by atoms with van der Waals surface area (Å²) in [5.74, 6) is -0.993. The molecule has 0 saturated carbocycles. The van der Waals surface area contributed by atoms with Crippen LogP contribution in [0.5, 0.6) is 0 Å². The summed E-state index contributed by atoms with van der Waals surface area (Å²) < 4.78 is 0. The Morgan fingerprint density at radius 3 is 2.53 bits per heavy atom. The average molecular weight is 283 g/mol. The fraction of sp³-hybridized carbons (Fsp3) is 0.385. The van der Waals surface area contributed by atoms with Gasteiger partial charge in [0.1, 0.15) is 0 Å². The summed E-state index contributed by atoms with van der Waals surface area (Å²) in [5, 5.41) is 19.8. The van der Waals surface area contributed by atoms with Crippen LogP contribution in [0.15, 0.2) is 29.2 Å². The van der Waals surface area contributed by atoms with Crippen molar-refractivity contribution in [3.05, 3.63) is 29.8 Å². The number of carbonyl (C=O) groups is 2. The molecule has 1 rings (SSSR count). The molecule has 3 N–H and O–H groups in total. The normalized spacial score (nSPS) is 11.9. The minimum atomic E-state index is -1.55. The van der Waals surface area contributed by atoms with Gasteiger partial charge < -0.3 is 15.5 Å². The Balaban J connectivity index is 2.20. The van der Waals surface area contributed by atoms with Crippen molar-refractivity contribution in [1.82, 2.24) is 5.32 Å². The number of thioether (sulfide) groups is 1. The van der Waals surface area contributed by atoms with Crippen LogP contribution >= 0.6 is 11.8 Å². The number of aliphatic hydroxyl groups is 1. The van der Waals surface area contributed by atoms with Gasteiger partial charge in [-0.15, -0.1) is 11.8 Å². The first kappa shape index (κ1) is 15.5. The number of aliphatic carboxylic acids is 1. The highest BCUT2D eigenvalue weighted by atomic mass is 32.2. The second-order valence-electron chi connectivity index (χ2n) is 4.07. The van der Waals surface area contributed by atoms with Crippen molar-refractivity contribution >= 4 is 23.6 Å². The van der Waals surface area contributed by atoms with Crippen molar-refractivity contribution in [3.8, 4) is 0 Å². The Bertz CT molecular complexity index is 433. The molecule has 0 aliphatic heterocycles. The number of carboxylic acid groups (broad SMARTS) is 1. The molecule has 0 heterocycles. The monoisotopic (exact) mass is 283 g/mol. The van der Waals surface area contributed by atoms with Gasteiger partial charge in [0.15, 0.2) is 6.10 Å². The number of aliphatic hydroxyl groups excluding tert-OH is 1. The topological polar surface area (TPSA) is 86.6 Å². The maximum absolute atomic E-state index is 11.4. The highest BCUT2D eigenvalue weighted by Crippen LogP contribution is 2.18. The molecule has 1 atom stereocenters. The van der Waals surface area contributed by atoms with Crippen LogP contribution in [0.1, 0.15) is 12.0 Å². The number of hydrogen-bond donors (Lipinski definition) is 3. The van der Waals surface area contributed by atoms with E-state index in [1.807, 2.05) is 31.2 Å². The second kappa shape index (κ2) is 7.81. The molecule has 0 fully saturated rings. The molecule has 1 unspecified atom stereocenters. The highest BCUT2D eigenvalue weighted by Gasteiger charge is 2.13. The molecule has 19 heavy (non-hydrogen) atoms. The van der Waals surface area contributed by atoms with E-state index in [9.17, 15) is 9.59 Å². The number of benzene rings is 1. The van der Waals surface area contributed by atoms with Crippen LogP contribution in [0.2, 0.25) is 0 Å². The first-order valence-electron chi connectivity index (χ1n) is 5.86. The van der Waals surface area contributed by atoms with Crippen molar-refractivity contribution < 1.29 is 19.8 Å². The zero-order chi connectivity index (χ0) is 14.3. The number of nitrogens with one attached hydrogen (secondary N) is 1. The van der Waals surface area contributed by atoms with Crippen molar-refractivity contribution in [2.75, 3.05) is 12.3 Å². The van der Waals surface area contributed by atoms with Gasteiger partial charge in [-0.2, -0.15) is 0 Å². The lowest BCUT2D eigenvalue weighted by Gasteiger charge is -2.07. The second-order valence-corrected chi connectivity index (χ2v) is 5.24. The molecular formula is C13H17NO4S. The molecule has 0 radical (unpaired) electrons. The van der Waals surface area contributed by atoms with Gasteiger partial charge >= 0.3 is 5.97 Å². The van der Waals surface area contributed by atoms with Gasteiger partial charge in [0.2, 0.25) is 5.91 Å². The summed E-state index contributed by atoms with van der Waals surface area (Å²) in [6.45, 7) is 1.75. The minimum Gasteiger partial charge on any atom is -0.479 e. The summed E-state index contributed by atoms with van der Waals surface area (Å²) in [5.41, 5.74) is 1.18. The van der Waals surface area contributed by atoms with Crippen molar-refractivity contribution in [2.24, 2.45) is 0 Å². The number of carbonyl (C=O) groups excluding carboxylic acids is 1. The third-order valence-corrected chi connectivity index (χ3v) is 3.41. The van der Waals surface area contributed by atoms with Crippen LogP contribution < -0.4 is 5.32 Å². The summed E-state index contributed by atoms with van der Waals surface area (Å²) in [4.78, 5) is 22.8. The van der Waals surface area contributed by atoms with E-state index in [1.54, 1.807) is 11.8 Å². The quantitative estimate of drug-likeness (QED) is 0.651. The fourth-order valence-corrected chi connectivity index (χ4v) is 2.13. The van der Waals surface area contributed by atoms with E-state index in [4.69, 9.17) is 10.2 Å². The molecule has 5 nitrogen and oxygen atoms in total. The Kier molecular flexibility index (Phi) is 6.38. The van der Waals surface area contributed by atoms with Gasteiger partial charge in [0.05, 0.1) is 6.54 Å². The highest BCUT2D eigenvalue weighted by molar-refractivity contribution is 7.99. The molecule has 6 heteroatoms. The largest absolute Gasteiger partial charge is 0.479 e. The molecule has 1 aromatic carbocycles. The first-order valence-corrected chi connectivity index (χ1v) is 6.84. The van der Waals surface area contributed by atoms with Crippen LogP contribution in [-0.4, -0.2) is 40.5 Å². The zero-order valence-corrected chi connectivity index (χ0v) is 11.4. The van der Waals surface area contributed by atoms with Gasteiger partial charge in [-0.1, -0.05) is 17.7 Å². The Morgan fingerprint density at radius 1 is 1.32 bits per heavy atom. The van der Waals surface area contributed by atoms with E-state index in [0.717, 1.165) is 4.90 Å². The molecule has 0 saturated heterocycles. The molecule has 0 bridgehead atoms. The summed E-state index contributed by atoms with van der Waals surface area (Å²) in [6.07, 6.45) is -1.26. The fourth-order valence-electron chi connectivity index (χ4n) is 1.28. The maximum atomic E-state index is 11.4. The number of rotatable bonds is 7. The third-order valence-electron chi connectivity index (χ3n) is 2.40. The third kappa shape index (κ3) is 6.26.